The van der Waals surface area contributed by atoms with E-state index in [9.17, 15) is 4.79 Å². The first kappa shape index (κ1) is 14.8. The van der Waals surface area contributed by atoms with Crippen LogP contribution in [0, 0.1) is 0 Å². The van der Waals surface area contributed by atoms with Gasteiger partial charge < -0.3 is 4.74 Å². The molecule has 0 unspecified atom stereocenters. The van der Waals surface area contributed by atoms with Crippen molar-refractivity contribution in [1.82, 2.24) is 4.98 Å². The first-order valence-electron chi connectivity index (χ1n) is 5.77. The van der Waals surface area contributed by atoms with Crippen molar-refractivity contribution in [1.29, 1.82) is 0 Å². The standard InChI is InChI=1S/C15H11BrClNO2/c1-20-15(19)13-8-12(17)9-18-14(13)7-4-10-2-5-11(16)6-3-10/h2-9H,1H3/b7-4+. The summed E-state index contributed by atoms with van der Waals surface area (Å²) in [5.41, 5.74) is 1.86. The molecule has 0 saturated carbocycles. The van der Waals surface area contributed by atoms with E-state index < -0.39 is 5.97 Å². The maximum absolute atomic E-state index is 11.7. The largest absolute Gasteiger partial charge is 0.465 e. The van der Waals surface area contributed by atoms with Crippen molar-refractivity contribution < 1.29 is 9.53 Å². The Balaban J connectivity index is 2.33. The summed E-state index contributed by atoms with van der Waals surface area (Å²) in [6, 6.07) is 9.33. The molecule has 1 aromatic heterocycles. The molecule has 0 spiro atoms. The minimum absolute atomic E-state index is 0.341. The Morgan fingerprint density at radius 1 is 1.30 bits per heavy atom. The summed E-state index contributed by atoms with van der Waals surface area (Å²) >= 11 is 9.23. The summed E-state index contributed by atoms with van der Waals surface area (Å²) in [7, 11) is 1.32. The third-order valence-electron chi connectivity index (χ3n) is 2.59. The molecule has 0 aliphatic heterocycles. The van der Waals surface area contributed by atoms with Crippen LogP contribution in [0.15, 0.2) is 41.0 Å². The molecule has 0 aliphatic rings. The average Bonchev–Trinajstić information content (AvgIpc) is 2.46. The SMILES string of the molecule is COC(=O)c1cc(Cl)cnc1/C=C/c1ccc(Br)cc1. The van der Waals surface area contributed by atoms with Gasteiger partial charge in [0.2, 0.25) is 0 Å². The van der Waals surface area contributed by atoms with Gasteiger partial charge in [-0.3, -0.25) is 4.98 Å². The molecule has 0 N–H and O–H groups in total. The van der Waals surface area contributed by atoms with Gasteiger partial charge in [-0.25, -0.2) is 4.79 Å². The molecule has 0 bridgehead atoms. The lowest BCUT2D eigenvalue weighted by molar-refractivity contribution is 0.0600. The Morgan fingerprint density at radius 2 is 2.00 bits per heavy atom. The second-order valence-electron chi connectivity index (χ2n) is 3.96. The number of pyridine rings is 1. The summed E-state index contributed by atoms with van der Waals surface area (Å²) < 4.78 is 5.73. The van der Waals surface area contributed by atoms with Gasteiger partial charge in [-0.2, -0.15) is 0 Å². The van der Waals surface area contributed by atoms with E-state index in [0.29, 0.717) is 16.3 Å². The molecule has 0 fully saturated rings. The highest BCUT2D eigenvalue weighted by Crippen LogP contribution is 2.18. The molecule has 3 nitrogen and oxygen atoms in total. The van der Waals surface area contributed by atoms with Crippen LogP contribution in [0.3, 0.4) is 0 Å². The number of ether oxygens (including phenoxy) is 1. The van der Waals surface area contributed by atoms with Crippen molar-refractivity contribution in [2.45, 2.75) is 0 Å². The van der Waals surface area contributed by atoms with Gasteiger partial charge in [0.15, 0.2) is 0 Å². The summed E-state index contributed by atoms with van der Waals surface area (Å²) in [4.78, 5) is 15.8. The number of carbonyl (C=O) groups is 1. The minimum Gasteiger partial charge on any atom is -0.465 e. The number of hydrogen-bond donors (Lipinski definition) is 0. The van der Waals surface area contributed by atoms with Crippen molar-refractivity contribution >= 4 is 45.7 Å². The Bertz CT molecular complexity index is 653. The normalized spacial score (nSPS) is 10.8. The van der Waals surface area contributed by atoms with Crippen LogP contribution in [0.5, 0.6) is 0 Å². The predicted octanol–water partition coefficient (Wildman–Crippen LogP) is 4.45. The molecule has 0 radical (unpaired) electrons. The second-order valence-corrected chi connectivity index (χ2v) is 5.31. The van der Waals surface area contributed by atoms with Gasteiger partial charge in [-0.05, 0) is 29.8 Å². The number of aromatic nitrogens is 1. The number of methoxy groups -OCH3 is 1. The average molecular weight is 353 g/mol. The monoisotopic (exact) mass is 351 g/mol. The van der Waals surface area contributed by atoms with E-state index in [0.717, 1.165) is 10.0 Å². The van der Waals surface area contributed by atoms with E-state index in [4.69, 9.17) is 16.3 Å². The minimum atomic E-state index is -0.463. The van der Waals surface area contributed by atoms with Crippen LogP contribution >= 0.6 is 27.5 Å². The zero-order chi connectivity index (χ0) is 14.5. The summed E-state index contributed by atoms with van der Waals surface area (Å²) in [6.07, 6.45) is 5.12. The summed E-state index contributed by atoms with van der Waals surface area (Å²) in [6.45, 7) is 0. The lowest BCUT2D eigenvalue weighted by atomic mass is 10.1. The van der Waals surface area contributed by atoms with Gasteiger partial charge >= 0.3 is 5.97 Å². The molecular formula is C15H11BrClNO2. The van der Waals surface area contributed by atoms with E-state index >= 15 is 0 Å². The first-order chi connectivity index (χ1) is 9.60. The number of esters is 1. The maximum Gasteiger partial charge on any atom is 0.340 e. The molecule has 2 rings (SSSR count). The summed E-state index contributed by atoms with van der Waals surface area (Å²) in [5.74, 6) is -0.463. The predicted molar refractivity (Wildman–Crippen MR) is 83.7 cm³/mol. The smallest absolute Gasteiger partial charge is 0.340 e. The van der Waals surface area contributed by atoms with Crippen LogP contribution in [0.1, 0.15) is 21.6 Å². The molecular weight excluding hydrogens is 342 g/mol. The molecule has 0 amide bonds. The highest BCUT2D eigenvalue weighted by Gasteiger charge is 2.11. The van der Waals surface area contributed by atoms with Crippen LogP contribution in [-0.4, -0.2) is 18.1 Å². The fourth-order valence-electron chi connectivity index (χ4n) is 1.61. The van der Waals surface area contributed by atoms with E-state index in [1.807, 2.05) is 30.3 Å². The lowest BCUT2D eigenvalue weighted by Crippen LogP contribution is -2.05. The van der Waals surface area contributed by atoms with Gasteiger partial charge in [0, 0.05) is 10.7 Å². The van der Waals surface area contributed by atoms with Gasteiger partial charge in [-0.15, -0.1) is 0 Å². The molecule has 20 heavy (non-hydrogen) atoms. The highest BCUT2D eigenvalue weighted by molar-refractivity contribution is 9.10. The Morgan fingerprint density at radius 3 is 2.65 bits per heavy atom. The second kappa shape index (κ2) is 6.68. The van der Waals surface area contributed by atoms with E-state index in [1.54, 1.807) is 12.1 Å². The number of benzene rings is 1. The summed E-state index contributed by atoms with van der Waals surface area (Å²) in [5, 5.41) is 0.395. The van der Waals surface area contributed by atoms with Crippen molar-refractivity contribution in [2.75, 3.05) is 7.11 Å². The molecule has 0 saturated heterocycles. The fourth-order valence-corrected chi connectivity index (χ4v) is 2.03. The number of nitrogens with zero attached hydrogens (tertiary/aromatic N) is 1. The number of hydrogen-bond acceptors (Lipinski definition) is 3. The van der Waals surface area contributed by atoms with Crippen LogP contribution in [0.2, 0.25) is 5.02 Å². The zero-order valence-corrected chi connectivity index (χ0v) is 13.0. The number of rotatable bonds is 3. The van der Waals surface area contributed by atoms with E-state index in [2.05, 4.69) is 20.9 Å². The van der Waals surface area contributed by atoms with Crippen molar-refractivity contribution in [3.05, 3.63) is 62.8 Å². The van der Waals surface area contributed by atoms with Crippen molar-refractivity contribution in [2.24, 2.45) is 0 Å². The van der Waals surface area contributed by atoms with Crippen LogP contribution in [-0.2, 0) is 4.74 Å². The van der Waals surface area contributed by atoms with Gasteiger partial charge in [-0.1, -0.05) is 45.7 Å². The van der Waals surface area contributed by atoms with Crippen LogP contribution < -0.4 is 0 Å². The number of halogens is 2. The molecule has 1 heterocycles. The molecule has 0 aliphatic carbocycles. The zero-order valence-electron chi connectivity index (χ0n) is 10.6. The molecule has 102 valence electrons. The first-order valence-corrected chi connectivity index (χ1v) is 6.95. The van der Waals surface area contributed by atoms with Crippen molar-refractivity contribution in [3.8, 4) is 0 Å². The topological polar surface area (TPSA) is 39.2 Å². The highest BCUT2D eigenvalue weighted by atomic mass is 79.9. The molecule has 5 heteroatoms. The van der Waals surface area contributed by atoms with Gasteiger partial charge in [0.05, 0.1) is 23.4 Å². The molecule has 1 aromatic carbocycles. The molecule has 2 aromatic rings. The van der Waals surface area contributed by atoms with Crippen LogP contribution in [0.4, 0.5) is 0 Å². The lowest BCUT2D eigenvalue weighted by Gasteiger charge is -2.03. The number of carbonyl (C=O) groups excluding carboxylic acids is 1. The Labute approximate surface area is 130 Å². The van der Waals surface area contributed by atoms with Gasteiger partial charge in [0.25, 0.3) is 0 Å². The third kappa shape index (κ3) is 3.68. The van der Waals surface area contributed by atoms with E-state index in [-0.39, 0.29) is 0 Å². The Kier molecular flexibility index (Phi) is 4.93. The van der Waals surface area contributed by atoms with E-state index in [1.165, 1.54) is 13.3 Å². The quantitative estimate of drug-likeness (QED) is 0.766. The van der Waals surface area contributed by atoms with Crippen molar-refractivity contribution in [3.63, 3.8) is 0 Å². The third-order valence-corrected chi connectivity index (χ3v) is 3.33. The van der Waals surface area contributed by atoms with Gasteiger partial charge in [0.1, 0.15) is 0 Å². The van der Waals surface area contributed by atoms with Crippen LogP contribution in [0.25, 0.3) is 12.2 Å². The molecule has 0 atom stereocenters. The maximum atomic E-state index is 11.7. The fraction of sp³-hybridized carbons (Fsp3) is 0.0667. The Hall–Kier alpha value is -1.65.